The summed E-state index contributed by atoms with van der Waals surface area (Å²) in [7, 11) is 0. The number of alkyl halides is 3. The summed E-state index contributed by atoms with van der Waals surface area (Å²) in [6, 6.07) is 0. The maximum absolute atomic E-state index is 11.7. The molecule has 0 amide bonds. The lowest BCUT2D eigenvalue weighted by Crippen LogP contribution is -2.54. The highest BCUT2D eigenvalue weighted by Gasteiger charge is 2.31. The van der Waals surface area contributed by atoms with Gasteiger partial charge in [0.15, 0.2) is 0 Å². The van der Waals surface area contributed by atoms with Gasteiger partial charge in [-0.2, -0.15) is 13.2 Å². The minimum atomic E-state index is -4.23. The molecule has 0 aromatic carbocycles. The second-order valence-corrected chi connectivity index (χ2v) is 4.06. The van der Waals surface area contributed by atoms with Crippen LogP contribution in [0, 0.1) is 0 Å². The van der Waals surface area contributed by atoms with Gasteiger partial charge >= 0.3 is 6.18 Å². The minimum absolute atomic E-state index is 0.0651. The summed E-state index contributed by atoms with van der Waals surface area (Å²) >= 11 is 0. The van der Waals surface area contributed by atoms with Crippen molar-refractivity contribution in [1.29, 1.82) is 0 Å². The highest BCUT2D eigenvalue weighted by Crippen LogP contribution is 2.27. The normalized spacial score (nSPS) is 20.0. The van der Waals surface area contributed by atoms with Gasteiger partial charge in [-0.15, -0.1) is 0 Å². The third kappa shape index (κ3) is 5.34. The van der Waals surface area contributed by atoms with E-state index in [1.54, 1.807) is 0 Å². The first-order valence-corrected chi connectivity index (χ1v) is 5.05. The van der Waals surface area contributed by atoms with Gasteiger partial charge in [-0.1, -0.05) is 0 Å². The predicted octanol–water partition coefficient (Wildman–Crippen LogP) is 1.04. The van der Waals surface area contributed by atoms with Gasteiger partial charge in [-0.05, 0) is 19.3 Å². The van der Waals surface area contributed by atoms with Crippen molar-refractivity contribution < 1.29 is 17.9 Å². The molecule has 0 unspecified atom stereocenters. The van der Waals surface area contributed by atoms with Gasteiger partial charge in [0.25, 0.3) is 0 Å². The molecule has 0 aromatic heterocycles. The Labute approximate surface area is 87.2 Å². The predicted molar refractivity (Wildman–Crippen MR) is 50.5 cm³/mol. The average molecular weight is 226 g/mol. The average Bonchev–Trinajstić information content (AvgIpc) is 2.06. The summed E-state index contributed by atoms with van der Waals surface area (Å²) in [5, 5.41) is 3.00. The van der Waals surface area contributed by atoms with Crippen LogP contribution in [0.1, 0.15) is 19.3 Å². The Morgan fingerprint density at radius 3 is 2.47 bits per heavy atom. The Balaban J connectivity index is 1.89. The van der Waals surface area contributed by atoms with Gasteiger partial charge in [0.2, 0.25) is 0 Å². The van der Waals surface area contributed by atoms with Crippen molar-refractivity contribution in [3.05, 3.63) is 0 Å². The van der Waals surface area contributed by atoms with Crippen LogP contribution in [-0.4, -0.2) is 38.0 Å². The first-order valence-electron chi connectivity index (χ1n) is 5.05. The summed E-state index contributed by atoms with van der Waals surface area (Å²) in [6.45, 7) is -0.0462. The molecule has 0 saturated heterocycles. The molecule has 1 aliphatic carbocycles. The van der Waals surface area contributed by atoms with Crippen molar-refractivity contribution >= 4 is 0 Å². The molecule has 15 heavy (non-hydrogen) atoms. The molecule has 0 heterocycles. The lowest BCUT2D eigenvalue weighted by molar-refractivity contribution is -0.173. The Morgan fingerprint density at radius 2 is 2.00 bits per heavy atom. The van der Waals surface area contributed by atoms with Crippen LogP contribution >= 0.6 is 0 Å². The van der Waals surface area contributed by atoms with Crippen molar-refractivity contribution in [2.45, 2.75) is 31.0 Å². The van der Waals surface area contributed by atoms with Crippen LogP contribution < -0.4 is 11.1 Å². The fraction of sp³-hybridized carbons (Fsp3) is 1.00. The second-order valence-electron chi connectivity index (χ2n) is 4.06. The summed E-state index contributed by atoms with van der Waals surface area (Å²) in [5.74, 6) is 0. The highest BCUT2D eigenvalue weighted by molar-refractivity contribution is 4.94. The molecule has 0 bridgehead atoms. The maximum atomic E-state index is 11.7. The second kappa shape index (κ2) is 5.14. The van der Waals surface area contributed by atoms with Gasteiger partial charge in [-0.25, -0.2) is 0 Å². The van der Waals surface area contributed by atoms with Crippen LogP contribution in [0.25, 0.3) is 0 Å². The molecule has 0 aromatic rings. The number of nitrogens with two attached hydrogens (primary N) is 1. The topological polar surface area (TPSA) is 47.3 Å². The fourth-order valence-corrected chi connectivity index (χ4v) is 1.48. The fourth-order valence-electron chi connectivity index (χ4n) is 1.48. The van der Waals surface area contributed by atoms with Crippen molar-refractivity contribution in [3.63, 3.8) is 0 Å². The van der Waals surface area contributed by atoms with Crippen molar-refractivity contribution in [2.75, 3.05) is 26.3 Å². The zero-order valence-electron chi connectivity index (χ0n) is 8.57. The number of ether oxygens (including phenoxy) is 1. The monoisotopic (exact) mass is 226 g/mol. The van der Waals surface area contributed by atoms with E-state index in [-0.39, 0.29) is 12.1 Å². The Hall–Kier alpha value is -0.330. The van der Waals surface area contributed by atoms with E-state index in [2.05, 4.69) is 10.1 Å². The van der Waals surface area contributed by atoms with Crippen LogP contribution in [0.4, 0.5) is 13.2 Å². The van der Waals surface area contributed by atoms with E-state index in [0.717, 1.165) is 19.3 Å². The van der Waals surface area contributed by atoms with E-state index in [1.165, 1.54) is 0 Å². The number of halogens is 3. The largest absolute Gasteiger partial charge is 0.411 e. The quantitative estimate of drug-likeness (QED) is 0.665. The molecular weight excluding hydrogens is 209 g/mol. The number of rotatable bonds is 6. The van der Waals surface area contributed by atoms with E-state index in [4.69, 9.17) is 5.73 Å². The van der Waals surface area contributed by atoms with Crippen molar-refractivity contribution in [2.24, 2.45) is 5.73 Å². The van der Waals surface area contributed by atoms with E-state index in [1.807, 2.05) is 0 Å². The molecule has 90 valence electrons. The lowest BCUT2D eigenvalue weighted by Gasteiger charge is -2.38. The molecule has 3 N–H and O–H groups in total. The van der Waals surface area contributed by atoms with Crippen molar-refractivity contribution in [3.8, 4) is 0 Å². The lowest BCUT2D eigenvalue weighted by atomic mass is 9.78. The number of hydrogen-bond donors (Lipinski definition) is 2. The standard InChI is InChI=1S/C9H17F3N2O/c10-9(11,12)7-15-5-4-14-6-8(13)2-1-3-8/h14H,1-7,13H2. The molecule has 1 saturated carbocycles. The highest BCUT2D eigenvalue weighted by atomic mass is 19.4. The molecule has 0 spiro atoms. The van der Waals surface area contributed by atoms with E-state index in [9.17, 15) is 13.2 Å². The summed E-state index contributed by atoms with van der Waals surface area (Å²) < 4.78 is 39.4. The van der Waals surface area contributed by atoms with E-state index < -0.39 is 12.8 Å². The molecular formula is C9H17F3N2O. The molecule has 0 aliphatic heterocycles. The summed E-state index contributed by atoms with van der Waals surface area (Å²) in [5.41, 5.74) is 5.77. The van der Waals surface area contributed by atoms with Gasteiger partial charge in [-0.3, -0.25) is 0 Å². The van der Waals surface area contributed by atoms with Crippen LogP contribution in [0.15, 0.2) is 0 Å². The summed E-state index contributed by atoms with van der Waals surface area (Å²) in [4.78, 5) is 0. The van der Waals surface area contributed by atoms with Crippen LogP contribution in [-0.2, 0) is 4.74 Å². The van der Waals surface area contributed by atoms with Gasteiger partial charge in [0, 0.05) is 18.6 Å². The van der Waals surface area contributed by atoms with Gasteiger partial charge in [0.05, 0.1) is 6.61 Å². The molecule has 0 radical (unpaired) electrons. The number of nitrogens with one attached hydrogen (secondary N) is 1. The molecule has 6 heteroatoms. The zero-order valence-corrected chi connectivity index (χ0v) is 8.57. The minimum Gasteiger partial charge on any atom is -0.371 e. The molecule has 0 atom stereocenters. The van der Waals surface area contributed by atoms with Gasteiger partial charge < -0.3 is 15.8 Å². The van der Waals surface area contributed by atoms with Crippen molar-refractivity contribution in [1.82, 2.24) is 5.32 Å². The first kappa shape index (κ1) is 12.7. The number of hydrogen-bond acceptors (Lipinski definition) is 3. The first-order chi connectivity index (χ1) is 6.91. The Bertz CT molecular complexity index is 192. The SMILES string of the molecule is NC1(CNCCOCC(F)(F)F)CCC1. The maximum Gasteiger partial charge on any atom is 0.411 e. The van der Waals surface area contributed by atoms with Gasteiger partial charge in [0.1, 0.15) is 6.61 Å². The Kier molecular flexibility index (Phi) is 4.36. The van der Waals surface area contributed by atoms with E-state index in [0.29, 0.717) is 13.1 Å². The third-order valence-electron chi connectivity index (χ3n) is 2.52. The van der Waals surface area contributed by atoms with E-state index >= 15 is 0 Å². The molecule has 1 fully saturated rings. The summed E-state index contributed by atoms with van der Waals surface area (Å²) in [6.07, 6.45) is -1.11. The Morgan fingerprint density at radius 1 is 1.33 bits per heavy atom. The van der Waals surface area contributed by atoms with Crippen LogP contribution in [0.2, 0.25) is 0 Å². The molecule has 1 rings (SSSR count). The zero-order chi connectivity index (χ0) is 11.4. The van der Waals surface area contributed by atoms with Crippen LogP contribution in [0.3, 0.4) is 0 Å². The molecule has 3 nitrogen and oxygen atoms in total. The van der Waals surface area contributed by atoms with Crippen LogP contribution in [0.5, 0.6) is 0 Å². The third-order valence-corrected chi connectivity index (χ3v) is 2.52. The smallest absolute Gasteiger partial charge is 0.371 e. The molecule has 1 aliphatic rings.